The molecule has 0 unspecified atom stereocenters. The number of carboxylic acids is 3. The number of unbranched alkanes of at least 4 members (excludes halogenated alkanes) is 6. The summed E-state index contributed by atoms with van der Waals surface area (Å²) in [5, 5.41) is 118. The molecule has 22 heteroatoms. The lowest BCUT2D eigenvalue weighted by Gasteiger charge is -2.32. The summed E-state index contributed by atoms with van der Waals surface area (Å²) in [6, 6.07) is 17.5. The van der Waals surface area contributed by atoms with Crippen molar-refractivity contribution in [1.82, 2.24) is 0 Å². The molecule has 11 N–H and O–H groups in total. The van der Waals surface area contributed by atoms with Crippen LogP contribution in [0.2, 0.25) is 0 Å². The number of benzene rings is 3. The third-order valence-corrected chi connectivity index (χ3v) is 22.3. The molecule has 0 amide bonds. The first-order valence-corrected chi connectivity index (χ1v) is 39.8. The van der Waals surface area contributed by atoms with E-state index < -0.39 is 31.1 Å². The quantitative estimate of drug-likeness (QED) is 0.0193. The van der Waals surface area contributed by atoms with Crippen molar-refractivity contribution < 1.29 is 109 Å². The van der Waals surface area contributed by atoms with Gasteiger partial charge in [-0.3, -0.25) is 0 Å². The van der Waals surface area contributed by atoms with Gasteiger partial charge in [0.25, 0.3) is 0 Å². The normalized spacial score (nSPS) is 23.4. The van der Waals surface area contributed by atoms with Crippen molar-refractivity contribution in [3.8, 4) is 17.2 Å². The zero-order chi connectivity index (χ0) is 78.0. The molecule has 0 aliphatic heterocycles. The van der Waals surface area contributed by atoms with Gasteiger partial charge in [0, 0.05) is 0 Å². The van der Waals surface area contributed by atoms with Crippen LogP contribution in [0.3, 0.4) is 0 Å². The Morgan fingerprint density at radius 2 is 0.685 bits per heavy atom. The number of quaternary nitrogens is 3. The average Bonchev–Trinajstić information content (AvgIpc) is 1.60. The monoisotopic (exact) mass is 1530 g/mol. The van der Waals surface area contributed by atoms with E-state index in [0.717, 1.165) is 223 Å². The molecule has 22 nitrogen and oxygen atoms in total. The van der Waals surface area contributed by atoms with Crippen molar-refractivity contribution in [1.29, 1.82) is 0 Å². The molecular formula is C86H151N3O19. The van der Waals surface area contributed by atoms with Gasteiger partial charge in [-0.25, -0.2) is 4.79 Å². The molecule has 6 aliphatic carbocycles. The van der Waals surface area contributed by atoms with Gasteiger partial charge in [-0.05, 0) is 220 Å². The summed E-state index contributed by atoms with van der Waals surface area (Å²) in [5.41, 5.74) is 6.87. The standard InChI is InChI=1S/3C23H34O5.3C5H14NO.2CH4.H2O/c3*1-2-3-4-7-17(24)9-10-18-19-11-15-6-5-8-22(28-14-23(26)27)20(15)12-16(19)13-21(18)25;3*1-6(2,3)4-5-7;;;/h3*5-6,8,16-19,21,24-25H,2-4,7,9-14H2,1H3,(H,26,27);3*7H,4-5H2,1-3H3;2*1H4;1H2/q;;;3*+1;;;/p-3/t3*16-,17-,18+,19-,21+;;;;;;/m000....../s1. The van der Waals surface area contributed by atoms with E-state index in [9.17, 15) is 55.2 Å². The molecule has 3 aromatic rings. The summed E-state index contributed by atoms with van der Waals surface area (Å²) < 4.78 is 18.9. The van der Waals surface area contributed by atoms with Crippen LogP contribution in [-0.2, 0) is 52.9 Å². The van der Waals surface area contributed by atoms with Crippen molar-refractivity contribution in [3.05, 3.63) is 88.0 Å². The smallest absolute Gasteiger partial charge is 0.341 e. The lowest BCUT2D eigenvalue weighted by atomic mass is 9.73. The van der Waals surface area contributed by atoms with Crippen LogP contribution >= 0.6 is 0 Å². The molecule has 3 aromatic carbocycles. The first kappa shape index (κ1) is 101. The van der Waals surface area contributed by atoms with E-state index in [4.69, 9.17) is 34.6 Å². The summed E-state index contributed by atoms with van der Waals surface area (Å²) in [6.07, 6.45) is 23.4. The molecule has 0 radical (unpaired) electrons. The van der Waals surface area contributed by atoms with Crippen LogP contribution in [0.25, 0.3) is 0 Å². The highest BCUT2D eigenvalue weighted by atomic mass is 16.5. The van der Waals surface area contributed by atoms with Crippen LogP contribution in [0.1, 0.15) is 204 Å². The zero-order valence-electron chi connectivity index (χ0n) is 66.8. The predicted molar refractivity (Wildman–Crippen MR) is 422 cm³/mol. The number of carboxylic acid groups (broad SMARTS) is 3. The summed E-state index contributed by atoms with van der Waals surface area (Å²) in [5.74, 6) is 1.65. The van der Waals surface area contributed by atoms with Crippen LogP contribution in [0.4, 0.5) is 0 Å². The van der Waals surface area contributed by atoms with Gasteiger partial charge in [0.15, 0.2) is 6.61 Å². The number of carbonyl (C=O) groups excluding carboxylic acids is 2. The maximum absolute atomic E-state index is 10.8. The number of rotatable bonds is 36. The highest BCUT2D eigenvalue weighted by molar-refractivity contribution is 5.68. The number of aliphatic hydroxyl groups excluding tert-OH is 9. The fourth-order valence-electron chi connectivity index (χ4n) is 16.6. The number of carbonyl (C=O) groups is 3. The Hall–Kier alpha value is -5.05. The van der Waals surface area contributed by atoms with Gasteiger partial charge in [0.2, 0.25) is 0 Å². The third-order valence-electron chi connectivity index (χ3n) is 22.3. The molecule has 3 saturated carbocycles. The lowest BCUT2D eigenvalue weighted by molar-refractivity contribution is -0.870. The van der Waals surface area contributed by atoms with Crippen LogP contribution in [0.5, 0.6) is 17.2 Å². The van der Waals surface area contributed by atoms with Crippen LogP contribution in [-0.4, -0.2) is 247 Å². The Morgan fingerprint density at radius 1 is 0.426 bits per heavy atom. The summed E-state index contributed by atoms with van der Waals surface area (Å²) in [7, 11) is 18.5. The highest BCUT2D eigenvalue weighted by Gasteiger charge is 2.48. The number of aliphatic carboxylic acids is 3. The Labute approximate surface area is 650 Å². The molecular weight excluding hydrogens is 1380 g/mol. The molecule has 3 fully saturated rings. The second kappa shape index (κ2) is 51.6. The van der Waals surface area contributed by atoms with Crippen LogP contribution in [0, 0.1) is 53.3 Å². The molecule has 9 rings (SSSR count). The van der Waals surface area contributed by atoms with E-state index in [1.165, 1.54) is 16.7 Å². The number of hydrogen-bond acceptors (Lipinski definition) is 18. The first-order chi connectivity index (χ1) is 49.7. The molecule has 6 aliphatic rings. The van der Waals surface area contributed by atoms with E-state index in [1.807, 2.05) is 36.4 Å². The molecule has 108 heavy (non-hydrogen) atoms. The van der Waals surface area contributed by atoms with Crippen molar-refractivity contribution in [2.24, 2.45) is 53.3 Å². The van der Waals surface area contributed by atoms with Crippen LogP contribution < -0.4 is 24.4 Å². The van der Waals surface area contributed by atoms with Crippen molar-refractivity contribution in [2.75, 3.05) is 123 Å². The fourth-order valence-corrected chi connectivity index (χ4v) is 16.6. The van der Waals surface area contributed by atoms with Crippen molar-refractivity contribution in [3.63, 3.8) is 0 Å². The number of aliphatic hydroxyl groups is 9. The molecule has 0 spiro atoms. The maximum Gasteiger partial charge on any atom is 0.341 e. The molecule has 624 valence electrons. The fraction of sp³-hybridized carbons (Fsp3) is 0.756. The number of fused-ring (bicyclic) bond motifs is 6. The Bertz CT molecular complexity index is 2640. The van der Waals surface area contributed by atoms with Gasteiger partial charge in [0.1, 0.15) is 50.1 Å². The van der Waals surface area contributed by atoms with E-state index in [-0.39, 0.29) is 101 Å². The van der Waals surface area contributed by atoms with Crippen LogP contribution in [0.15, 0.2) is 54.6 Å². The van der Waals surface area contributed by atoms with E-state index in [1.54, 1.807) is 0 Å². The predicted octanol–water partition coefficient (Wildman–Crippen LogP) is 8.23. The topological polar surface area (TPSA) is 357 Å². The van der Waals surface area contributed by atoms with Crippen molar-refractivity contribution in [2.45, 2.75) is 246 Å². The Kier molecular flexibility index (Phi) is 48.2. The van der Waals surface area contributed by atoms with Gasteiger partial charge in [-0.1, -0.05) is 130 Å². The van der Waals surface area contributed by atoms with Gasteiger partial charge in [0.05, 0.1) is 132 Å². The number of ether oxygens (including phenoxy) is 3. The average molecular weight is 1530 g/mol. The van der Waals surface area contributed by atoms with E-state index >= 15 is 0 Å². The van der Waals surface area contributed by atoms with E-state index in [2.05, 4.69) is 102 Å². The van der Waals surface area contributed by atoms with E-state index in [0.29, 0.717) is 52.8 Å². The summed E-state index contributed by atoms with van der Waals surface area (Å²) in [4.78, 5) is 32.3. The largest absolute Gasteiger partial charge is 0.870 e. The second-order valence-electron chi connectivity index (χ2n) is 34.0. The molecule has 0 bridgehead atoms. The number of likely N-dealkylation sites (N-methyl/N-ethyl adjacent to an activating group) is 3. The minimum atomic E-state index is -1.22. The third kappa shape index (κ3) is 36.6. The van der Waals surface area contributed by atoms with Gasteiger partial charge >= 0.3 is 5.97 Å². The Balaban J connectivity index is 0.000000704. The van der Waals surface area contributed by atoms with Gasteiger partial charge in [-0.2, -0.15) is 0 Å². The number of hydrogen-bond donors (Lipinski definition) is 10. The molecule has 0 heterocycles. The van der Waals surface area contributed by atoms with Gasteiger partial charge in [-0.15, -0.1) is 0 Å². The zero-order valence-corrected chi connectivity index (χ0v) is 66.8. The molecule has 15 atom stereocenters. The highest BCUT2D eigenvalue weighted by Crippen LogP contribution is 2.51. The van der Waals surface area contributed by atoms with Gasteiger partial charge < -0.3 is 104 Å². The maximum atomic E-state index is 10.8. The minimum absolute atomic E-state index is 0. The number of nitrogens with zero attached hydrogens (tertiary/aromatic N) is 3. The first-order valence-electron chi connectivity index (χ1n) is 39.8. The van der Waals surface area contributed by atoms with Crippen molar-refractivity contribution >= 4 is 17.9 Å². The molecule has 0 aromatic heterocycles. The molecule has 0 saturated heterocycles. The Morgan fingerprint density at radius 3 is 0.898 bits per heavy atom. The summed E-state index contributed by atoms with van der Waals surface area (Å²) >= 11 is 0. The second-order valence-corrected chi connectivity index (χ2v) is 34.0. The minimum Gasteiger partial charge on any atom is -0.870 e. The lowest BCUT2D eigenvalue weighted by Crippen LogP contribution is -2.36. The SMILES string of the molecule is C.C.CCCCC[C@H](O)CC[C@@H]1[C@H]2Cc3cccc(OCC(=O)O)c3C[C@H]2C[C@H]1O.CCCCC[C@H](O)CC[C@@H]1[C@H]2Cc3cccc(OCC(=O)[O-])c3C[C@H]2C[C@H]1O.CCCCC[C@H](O)CC[C@@H]1[C@H]2Cc3cccc(OCC(=O)[O-])c3C[C@H]2C[C@H]1O.C[N+](C)(C)CCO.C[N+](C)(C)CCO.C[N+](C)(C)CCO.[OH-]. The summed E-state index contributed by atoms with van der Waals surface area (Å²) in [6.45, 7) is 8.63.